The van der Waals surface area contributed by atoms with Crippen LogP contribution in [0.1, 0.15) is 44.6 Å². The molecule has 6 heteroatoms. The summed E-state index contributed by atoms with van der Waals surface area (Å²) in [5.74, 6) is -0.156. The monoisotopic (exact) mass is 387 g/mol. The van der Waals surface area contributed by atoms with Gasteiger partial charge in [-0.3, -0.25) is 9.59 Å². The molecule has 1 saturated heterocycles. The van der Waals surface area contributed by atoms with Crippen molar-refractivity contribution in [1.82, 2.24) is 4.90 Å². The number of hydrogen-bond donors (Lipinski definition) is 1. The van der Waals surface area contributed by atoms with Gasteiger partial charge >= 0.3 is 0 Å². The molecule has 1 heterocycles. The first-order valence-electron chi connectivity index (χ1n) is 10.1. The van der Waals surface area contributed by atoms with Crippen LogP contribution < -0.4 is 0 Å². The second-order valence-electron chi connectivity index (χ2n) is 8.54. The van der Waals surface area contributed by atoms with Gasteiger partial charge < -0.3 is 19.5 Å². The maximum absolute atomic E-state index is 13.2. The summed E-state index contributed by atoms with van der Waals surface area (Å²) in [4.78, 5) is 28.2. The maximum atomic E-state index is 13.2. The van der Waals surface area contributed by atoms with Crippen molar-refractivity contribution in [3.05, 3.63) is 35.9 Å². The third-order valence-corrected chi connectivity index (χ3v) is 7.42. The SMILES string of the molecule is COCO[C@@H]1CC[C@H]2N(Cc3ccccc3)C(=O)[C@@H](O)[C@@]2(C)[C@@]12CCCC2=O. The molecule has 1 aromatic carbocycles. The lowest BCUT2D eigenvalue weighted by molar-refractivity contribution is -0.199. The number of carbonyl (C=O) groups is 2. The van der Waals surface area contributed by atoms with Crippen molar-refractivity contribution in [3.63, 3.8) is 0 Å². The Kier molecular flexibility index (Phi) is 5.06. The van der Waals surface area contributed by atoms with E-state index in [1.807, 2.05) is 37.3 Å². The van der Waals surface area contributed by atoms with E-state index in [0.717, 1.165) is 12.0 Å². The lowest BCUT2D eigenvalue weighted by Crippen LogP contribution is -2.63. The summed E-state index contributed by atoms with van der Waals surface area (Å²) in [6.45, 7) is 2.49. The van der Waals surface area contributed by atoms with Crippen LogP contribution in [0.3, 0.4) is 0 Å². The molecule has 4 rings (SSSR count). The summed E-state index contributed by atoms with van der Waals surface area (Å²) in [5.41, 5.74) is -0.671. The van der Waals surface area contributed by atoms with Gasteiger partial charge in [-0.25, -0.2) is 0 Å². The van der Waals surface area contributed by atoms with Crippen LogP contribution in [0, 0.1) is 10.8 Å². The number of aliphatic hydroxyl groups is 1. The zero-order chi connectivity index (χ0) is 19.9. The van der Waals surface area contributed by atoms with Gasteiger partial charge in [-0.15, -0.1) is 0 Å². The summed E-state index contributed by atoms with van der Waals surface area (Å²) in [6.07, 6.45) is 1.76. The lowest BCUT2D eigenvalue weighted by atomic mass is 9.51. The van der Waals surface area contributed by atoms with E-state index in [4.69, 9.17) is 9.47 Å². The van der Waals surface area contributed by atoms with Gasteiger partial charge in [-0.1, -0.05) is 37.3 Å². The molecule has 0 aromatic heterocycles. The standard InChI is InChI=1S/C22H29NO5/c1-21-16(23(20(26)19(21)25)13-15-7-4-3-5-8-15)10-11-18(28-14-27-2)22(21)12-6-9-17(22)24/h3-5,7-8,16,18-19,25H,6,9-14H2,1-2H3/t16-,18-,19-,21+,22-/m1/s1. The molecule has 3 fully saturated rings. The molecule has 1 spiro atoms. The fourth-order valence-corrected chi connectivity index (χ4v) is 6.12. The van der Waals surface area contributed by atoms with Crippen LogP contribution in [0.5, 0.6) is 0 Å². The van der Waals surface area contributed by atoms with E-state index in [2.05, 4.69) is 0 Å². The number of carbonyl (C=O) groups excluding carboxylic acids is 2. The Morgan fingerprint density at radius 1 is 1.21 bits per heavy atom. The van der Waals surface area contributed by atoms with Gasteiger partial charge in [-0.2, -0.15) is 0 Å². The Labute approximate surface area is 165 Å². The normalized spacial score (nSPS) is 37.7. The van der Waals surface area contributed by atoms with Gasteiger partial charge in [0.05, 0.1) is 11.5 Å². The Morgan fingerprint density at radius 2 is 1.96 bits per heavy atom. The number of rotatable bonds is 5. The second-order valence-corrected chi connectivity index (χ2v) is 8.54. The molecule has 2 aliphatic carbocycles. The minimum atomic E-state index is -1.20. The van der Waals surface area contributed by atoms with E-state index in [9.17, 15) is 14.7 Å². The van der Waals surface area contributed by atoms with Gasteiger partial charge in [0.15, 0.2) is 0 Å². The van der Waals surface area contributed by atoms with Crippen molar-refractivity contribution in [2.45, 2.75) is 63.8 Å². The number of hydrogen-bond acceptors (Lipinski definition) is 5. The van der Waals surface area contributed by atoms with Crippen LogP contribution in [-0.2, 0) is 25.6 Å². The molecule has 0 unspecified atom stereocenters. The van der Waals surface area contributed by atoms with Crippen LogP contribution in [0.2, 0.25) is 0 Å². The van der Waals surface area contributed by atoms with Crippen molar-refractivity contribution in [2.75, 3.05) is 13.9 Å². The highest BCUT2D eigenvalue weighted by Crippen LogP contribution is 2.63. The van der Waals surface area contributed by atoms with Crippen LogP contribution in [-0.4, -0.2) is 53.8 Å². The molecule has 3 aliphatic rings. The van der Waals surface area contributed by atoms with Crippen molar-refractivity contribution in [3.8, 4) is 0 Å². The van der Waals surface area contributed by atoms with Crippen molar-refractivity contribution in [2.24, 2.45) is 10.8 Å². The van der Waals surface area contributed by atoms with Gasteiger partial charge in [0.1, 0.15) is 18.7 Å². The van der Waals surface area contributed by atoms with E-state index >= 15 is 0 Å². The molecule has 2 saturated carbocycles. The second kappa shape index (κ2) is 7.25. The first-order valence-corrected chi connectivity index (χ1v) is 10.1. The number of fused-ring (bicyclic) bond motifs is 2. The van der Waals surface area contributed by atoms with Gasteiger partial charge in [0, 0.05) is 31.5 Å². The van der Waals surface area contributed by atoms with E-state index < -0.39 is 16.9 Å². The van der Waals surface area contributed by atoms with E-state index in [1.54, 1.807) is 12.0 Å². The molecule has 28 heavy (non-hydrogen) atoms. The average Bonchev–Trinajstić information content (AvgIpc) is 3.17. The Morgan fingerprint density at radius 3 is 2.61 bits per heavy atom. The summed E-state index contributed by atoms with van der Waals surface area (Å²) < 4.78 is 11.1. The first-order chi connectivity index (χ1) is 13.5. The minimum Gasteiger partial charge on any atom is -0.383 e. The molecule has 1 amide bonds. The predicted octanol–water partition coefficient (Wildman–Crippen LogP) is 2.29. The number of ether oxygens (including phenoxy) is 2. The van der Waals surface area contributed by atoms with Gasteiger partial charge in [0.2, 0.25) is 0 Å². The van der Waals surface area contributed by atoms with Gasteiger partial charge in [0.25, 0.3) is 5.91 Å². The average molecular weight is 387 g/mol. The van der Waals surface area contributed by atoms with Crippen molar-refractivity contribution in [1.29, 1.82) is 0 Å². The molecule has 5 atom stereocenters. The number of Topliss-reactive ketones (excluding diaryl/α,β-unsaturated/α-hetero) is 1. The van der Waals surface area contributed by atoms with Crippen LogP contribution in [0.25, 0.3) is 0 Å². The largest absolute Gasteiger partial charge is 0.383 e. The predicted molar refractivity (Wildman–Crippen MR) is 102 cm³/mol. The highest BCUT2D eigenvalue weighted by Gasteiger charge is 2.72. The van der Waals surface area contributed by atoms with Crippen molar-refractivity contribution >= 4 is 11.7 Å². The number of benzene rings is 1. The molecular weight excluding hydrogens is 358 g/mol. The number of aliphatic hydroxyl groups excluding tert-OH is 1. The minimum absolute atomic E-state index is 0.109. The molecule has 1 N–H and O–H groups in total. The smallest absolute Gasteiger partial charge is 0.252 e. The molecule has 6 nitrogen and oxygen atoms in total. The summed E-state index contributed by atoms with van der Waals surface area (Å²) in [5, 5.41) is 11.2. The van der Waals surface area contributed by atoms with Gasteiger partial charge in [-0.05, 0) is 31.2 Å². The summed E-state index contributed by atoms with van der Waals surface area (Å²) in [7, 11) is 1.56. The molecule has 1 aliphatic heterocycles. The van der Waals surface area contributed by atoms with E-state index in [-0.39, 0.29) is 30.6 Å². The highest BCUT2D eigenvalue weighted by atomic mass is 16.7. The zero-order valence-electron chi connectivity index (χ0n) is 16.6. The first kappa shape index (κ1) is 19.6. The zero-order valence-corrected chi connectivity index (χ0v) is 16.6. The summed E-state index contributed by atoms with van der Waals surface area (Å²) in [6, 6.07) is 9.63. The van der Waals surface area contributed by atoms with Crippen LogP contribution >= 0.6 is 0 Å². The highest BCUT2D eigenvalue weighted by molar-refractivity contribution is 5.93. The number of methoxy groups -OCH3 is 1. The third kappa shape index (κ3) is 2.58. The molecule has 0 bridgehead atoms. The fraction of sp³-hybridized carbons (Fsp3) is 0.636. The topological polar surface area (TPSA) is 76.1 Å². The fourth-order valence-electron chi connectivity index (χ4n) is 6.12. The number of amides is 1. The van der Waals surface area contributed by atoms with E-state index in [1.165, 1.54) is 0 Å². The number of ketones is 1. The van der Waals surface area contributed by atoms with Crippen LogP contribution in [0.4, 0.5) is 0 Å². The Hall–Kier alpha value is -1.76. The molecule has 0 radical (unpaired) electrons. The van der Waals surface area contributed by atoms with Crippen LogP contribution in [0.15, 0.2) is 30.3 Å². The summed E-state index contributed by atoms with van der Waals surface area (Å²) >= 11 is 0. The molecular formula is C22H29NO5. The molecule has 1 aromatic rings. The Bertz CT molecular complexity index is 753. The number of likely N-dealkylation sites (tertiary alicyclic amines) is 1. The Balaban J connectivity index is 1.73. The third-order valence-electron chi connectivity index (χ3n) is 7.42. The molecule has 152 valence electrons. The lowest BCUT2D eigenvalue weighted by Gasteiger charge is -2.55. The van der Waals surface area contributed by atoms with Crippen molar-refractivity contribution < 1.29 is 24.2 Å². The van der Waals surface area contributed by atoms with E-state index in [0.29, 0.717) is 32.2 Å². The maximum Gasteiger partial charge on any atom is 0.252 e. The number of nitrogens with zero attached hydrogens (tertiary/aromatic N) is 1. The quantitative estimate of drug-likeness (QED) is 0.785.